The van der Waals surface area contributed by atoms with Crippen LogP contribution in [0.5, 0.6) is 5.75 Å². The van der Waals surface area contributed by atoms with Gasteiger partial charge >= 0.3 is 0 Å². The van der Waals surface area contributed by atoms with Crippen molar-refractivity contribution in [3.8, 4) is 5.75 Å². The van der Waals surface area contributed by atoms with Crippen molar-refractivity contribution in [3.05, 3.63) is 28.0 Å². The van der Waals surface area contributed by atoms with E-state index in [1.54, 1.807) is 0 Å². The molecule has 14 heavy (non-hydrogen) atoms. The number of carbonyl (C=O) groups excluding carboxylic acids is 1. The van der Waals surface area contributed by atoms with Crippen molar-refractivity contribution in [3.63, 3.8) is 0 Å². The van der Waals surface area contributed by atoms with Gasteiger partial charge in [0, 0.05) is 5.56 Å². The molecule has 2 nitrogen and oxygen atoms in total. The van der Waals surface area contributed by atoms with Crippen LogP contribution in [0.2, 0.25) is 0 Å². The average molecular weight is 326 g/mol. The second kappa shape index (κ2) is 4.89. The molecule has 0 fully saturated rings. The van der Waals surface area contributed by atoms with Gasteiger partial charge in [-0.25, -0.2) is 4.39 Å². The summed E-state index contributed by atoms with van der Waals surface area (Å²) in [6.07, 6.45) is 0. The van der Waals surface area contributed by atoms with Crippen LogP contribution in [0.25, 0.3) is 0 Å². The number of hydrogen-bond donors (Lipinski definition) is 0. The molecule has 5 heteroatoms. The van der Waals surface area contributed by atoms with E-state index in [2.05, 4.69) is 31.9 Å². The third kappa shape index (κ3) is 2.33. The fourth-order valence-corrected chi connectivity index (χ4v) is 1.72. The Hall–Kier alpha value is -0.420. The molecule has 0 aliphatic carbocycles. The Morgan fingerprint density at radius 1 is 1.57 bits per heavy atom. The van der Waals surface area contributed by atoms with E-state index in [0.29, 0.717) is 5.56 Å². The van der Waals surface area contributed by atoms with E-state index in [9.17, 15) is 9.18 Å². The summed E-state index contributed by atoms with van der Waals surface area (Å²) in [6.45, 7) is 0. The molecule has 0 aliphatic heterocycles. The summed E-state index contributed by atoms with van der Waals surface area (Å²) in [5.74, 6) is -0.564. The van der Waals surface area contributed by atoms with E-state index < -0.39 is 5.82 Å². The van der Waals surface area contributed by atoms with E-state index in [-0.39, 0.29) is 21.3 Å². The molecular formula is C9H7Br2FO2. The zero-order valence-corrected chi connectivity index (χ0v) is 10.5. The minimum absolute atomic E-state index is 0.0590. The van der Waals surface area contributed by atoms with Crippen molar-refractivity contribution < 1.29 is 13.9 Å². The molecule has 0 radical (unpaired) electrons. The van der Waals surface area contributed by atoms with Crippen LogP contribution in [-0.2, 0) is 0 Å². The molecular weight excluding hydrogens is 319 g/mol. The van der Waals surface area contributed by atoms with Gasteiger partial charge in [0.15, 0.2) is 17.3 Å². The third-order valence-electron chi connectivity index (χ3n) is 1.66. The molecule has 0 unspecified atom stereocenters. The number of methoxy groups -OCH3 is 1. The minimum Gasteiger partial charge on any atom is -0.494 e. The van der Waals surface area contributed by atoms with Crippen LogP contribution in [0.4, 0.5) is 4.39 Å². The van der Waals surface area contributed by atoms with E-state index in [0.717, 1.165) is 0 Å². The van der Waals surface area contributed by atoms with Gasteiger partial charge in [-0.1, -0.05) is 15.9 Å². The Balaban J connectivity index is 3.22. The Bertz CT molecular complexity index is 366. The van der Waals surface area contributed by atoms with Crippen LogP contribution < -0.4 is 4.74 Å². The number of ketones is 1. The lowest BCUT2D eigenvalue weighted by Crippen LogP contribution is -2.02. The summed E-state index contributed by atoms with van der Waals surface area (Å²) in [5.41, 5.74) is 0.409. The van der Waals surface area contributed by atoms with Crippen LogP contribution in [-0.4, -0.2) is 18.2 Å². The summed E-state index contributed by atoms with van der Waals surface area (Å²) in [4.78, 5) is 11.3. The maximum atomic E-state index is 13.3. The van der Waals surface area contributed by atoms with Gasteiger partial charge in [-0.05, 0) is 28.1 Å². The lowest BCUT2D eigenvalue weighted by atomic mass is 10.1. The van der Waals surface area contributed by atoms with Gasteiger partial charge in [-0.15, -0.1) is 0 Å². The summed E-state index contributed by atoms with van der Waals surface area (Å²) < 4.78 is 18.3. The van der Waals surface area contributed by atoms with Crippen molar-refractivity contribution >= 4 is 37.6 Å². The smallest absolute Gasteiger partial charge is 0.179 e. The number of benzene rings is 1. The van der Waals surface area contributed by atoms with Crippen molar-refractivity contribution in [2.45, 2.75) is 0 Å². The topological polar surface area (TPSA) is 26.3 Å². The van der Waals surface area contributed by atoms with E-state index in [1.807, 2.05) is 0 Å². The number of alkyl halides is 1. The molecule has 76 valence electrons. The van der Waals surface area contributed by atoms with Gasteiger partial charge in [0.25, 0.3) is 0 Å². The first-order chi connectivity index (χ1) is 6.60. The van der Waals surface area contributed by atoms with Gasteiger partial charge in [0.1, 0.15) is 0 Å². The Kier molecular flexibility index (Phi) is 4.07. The fraction of sp³-hybridized carbons (Fsp3) is 0.222. The molecule has 0 N–H and O–H groups in total. The van der Waals surface area contributed by atoms with E-state index in [4.69, 9.17) is 4.74 Å². The molecule has 0 aromatic heterocycles. The molecule has 0 atom stereocenters. The highest BCUT2D eigenvalue weighted by molar-refractivity contribution is 9.10. The maximum absolute atomic E-state index is 13.3. The molecule has 1 aromatic carbocycles. The summed E-state index contributed by atoms with van der Waals surface area (Å²) in [6, 6.07) is 2.81. The number of rotatable bonds is 3. The number of Topliss-reactive ketones (excluding diaryl/α,β-unsaturated/α-hetero) is 1. The predicted molar refractivity (Wildman–Crippen MR) is 58.8 cm³/mol. The van der Waals surface area contributed by atoms with Crippen molar-refractivity contribution in [2.24, 2.45) is 0 Å². The largest absolute Gasteiger partial charge is 0.494 e. The molecule has 0 saturated carbocycles. The second-order valence-corrected chi connectivity index (χ2v) is 3.95. The molecule has 1 aromatic rings. The Labute approximate surface area is 97.7 Å². The maximum Gasteiger partial charge on any atom is 0.179 e. The van der Waals surface area contributed by atoms with Gasteiger partial charge in [0.2, 0.25) is 0 Å². The first-order valence-corrected chi connectivity index (χ1v) is 5.63. The Morgan fingerprint density at radius 2 is 2.21 bits per heavy atom. The molecule has 0 amide bonds. The van der Waals surface area contributed by atoms with Crippen molar-refractivity contribution in [1.82, 2.24) is 0 Å². The third-order valence-corrected chi connectivity index (χ3v) is 2.74. The highest BCUT2D eigenvalue weighted by Crippen LogP contribution is 2.27. The highest BCUT2D eigenvalue weighted by Gasteiger charge is 2.12. The van der Waals surface area contributed by atoms with Crippen LogP contribution >= 0.6 is 31.9 Å². The zero-order valence-electron chi connectivity index (χ0n) is 7.31. The van der Waals surface area contributed by atoms with Crippen molar-refractivity contribution in [2.75, 3.05) is 12.4 Å². The van der Waals surface area contributed by atoms with E-state index in [1.165, 1.54) is 19.2 Å². The first kappa shape index (κ1) is 11.7. The predicted octanol–water partition coefficient (Wildman–Crippen LogP) is 3.17. The van der Waals surface area contributed by atoms with Crippen LogP contribution in [0.3, 0.4) is 0 Å². The fourth-order valence-electron chi connectivity index (χ4n) is 0.951. The zero-order chi connectivity index (χ0) is 10.7. The summed E-state index contributed by atoms with van der Waals surface area (Å²) >= 11 is 6.05. The van der Waals surface area contributed by atoms with Gasteiger partial charge in [0.05, 0.1) is 16.9 Å². The number of hydrogen-bond acceptors (Lipinski definition) is 2. The molecule has 1 rings (SSSR count). The lowest BCUT2D eigenvalue weighted by molar-refractivity contribution is 0.102. The monoisotopic (exact) mass is 324 g/mol. The number of ether oxygens (including phenoxy) is 1. The summed E-state index contributed by atoms with van der Waals surface area (Å²) in [5, 5.41) is 0.203. The van der Waals surface area contributed by atoms with E-state index >= 15 is 0 Å². The average Bonchev–Trinajstić information content (AvgIpc) is 2.20. The molecule has 0 spiro atoms. The van der Waals surface area contributed by atoms with Crippen LogP contribution in [0.1, 0.15) is 10.4 Å². The Morgan fingerprint density at radius 3 is 2.71 bits per heavy atom. The van der Waals surface area contributed by atoms with Crippen LogP contribution in [0.15, 0.2) is 16.6 Å². The molecule has 0 saturated heterocycles. The minimum atomic E-state index is -0.501. The number of carbonyl (C=O) groups is 1. The number of halogens is 3. The summed E-state index contributed by atoms with van der Waals surface area (Å²) in [7, 11) is 1.35. The van der Waals surface area contributed by atoms with Gasteiger partial charge in [-0.3, -0.25) is 4.79 Å². The first-order valence-electron chi connectivity index (χ1n) is 3.72. The molecule has 0 aliphatic rings. The van der Waals surface area contributed by atoms with Crippen LogP contribution in [0, 0.1) is 5.82 Å². The SMILES string of the molecule is COc1cc(C(=O)CBr)cc(Br)c1F. The lowest BCUT2D eigenvalue weighted by Gasteiger charge is -2.05. The highest BCUT2D eigenvalue weighted by atomic mass is 79.9. The second-order valence-electron chi connectivity index (χ2n) is 2.53. The van der Waals surface area contributed by atoms with Crippen molar-refractivity contribution in [1.29, 1.82) is 0 Å². The van der Waals surface area contributed by atoms with Gasteiger partial charge < -0.3 is 4.74 Å². The molecule has 0 heterocycles. The van der Waals surface area contributed by atoms with Gasteiger partial charge in [-0.2, -0.15) is 0 Å². The normalized spacial score (nSPS) is 10.0. The quantitative estimate of drug-likeness (QED) is 0.630. The standard InChI is InChI=1S/C9H7Br2FO2/c1-14-8-3-5(7(13)4-10)2-6(11)9(8)12/h2-3H,4H2,1H3. The molecule has 0 bridgehead atoms.